The molecule has 0 radical (unpaired) electrons. The molecule has 33 heavy (non-hydrogen) atoms. The van der Waals surface area contributed by atoms with Crippen molar-refractivity contribution in [3.8, 4) is 17.2 Å². The normalized spacial score (nSPS) is 17.8. The van der Waals surface area contributed by atoms with Gasteiger partial charge in [0.15, 0.2) is 0 Å². The van der Waals surface area contributed by atoms with Crippen molar-refractivity contribution in [3.05, 3.63) is 65.4 Å². The quantitative estimate of drug-likeness (QED) is 0.600. The van der Waals surface area contributed by atoms with Crippen LogP contribution in [0.1, 0.15) is 45.6 Å². The molecular weight excluding hydrogens is 414 g/mol. The Bertz CT molecular complexity index is 1100. The summed E-state index contributed by atoms with van der Waals surface area (Å²) < 4.78 is 5.34. The molecule has 0 fully saturated rings. The molecule has 6 nitrogen and oxygen atoms in total. The summed E-state index contributed by atoms with van der Waals surface area (Å²) in [7, 11) is 1.85. The fraction of sp³-hybridized carbons (Fsp3) is 0.370. The molecule has 0 aliphatic carbocycles. The molecule has 3 rings (SSSR count). The van der Waals surface area contributed by atoms with Gasteiger partial charge in [-0.3, -0.25) is 4.79 Å². The number of allylic oxidation sites excluding steroid dienone is 1. The first kappa shape index (κ1) is 24.1. The van der Waals surface area contributed by atoms with Crippen molar-refractivity contribution in [2.75, 3.05) is 19.0 Å². The van der Waals surface area contributed by atoms with Crippen LogP contribution in [0.5, 0.6) is 0 Å². The van der Waals surface area contributed by atoms with E-state index in [1.54, 1.807) is 6.92 Å². The summed E-state index contributed by atoms with van der Waals surface area (Å²) in [5.41, 5.74) is 5.09. The molecule has 0 saturated carbocycles. The van der Waals surface area contributed by atoms with Crippen LogP contribution < -0.4 is 5.32 Å². The number of rotatable bonds is 7. The molecule has 0 saturated heterocycles. The lowest BCUT2D eigenvalue weighted by Gasteiger charge is -2.27. The van der Waals surface area contributed by atoms with E-state index in [4.69, 9.17) is 4.74 Å². The van der Waals surface area contributed by atoms with E-state index < -0.39 is 6.04 Å². The van der Waals surface area contributed by atoms with Gasteiger partial charge in [-0.15, -0.1) is 0 Å². The maximum atomic E-state index is 12.8. The Hall–Kier alpha value is -3.59. The highest BCUT2D eigenvalue weighted by Crippen LogP contribution is 2.42. The largest absolute Gasteiger partial charge is 0.464 e. The van der Waals surface area contributed by atoms with Crippen molar-refractivity contribution in [3.63, 3.8) is 0 Å². The second kappa shape index (κ2) is 10.4. The van der Waals surface area contributed by atoms with Gasteiger partial charge in [-0.1, -0.05) is 57.2 Å². The molecule has 1 aliphatic heterocycles. The third kappa shape index (κ3) is 4.93. The Balaban J connectivity index is 1.94. The molecule has 2 aromatic carbocycles. The minimum absolute atomic E-state index is 0.0274. The van der Waals surface area contributed by atoms with Gasteiger partial charge in [0.1, 0.15) is 6.04 Å². The summed E-state index contributed by atoms with van der Waals surface area (Å²) in [4.78, 5) is 26.7. The molecule has 0 spiro atoms. The zero-order valence-corrected chi connectivity index (χ0v) is 19.9. The molecule has 2 unspecified atom stereocenters. The standard InChI is InChI=1S/C27H31N3O3/c1-6-23-22(16-28)24(25(30(23)5)27(32)33-7-2)19-13-11-18(12-14-19)20-9-8-10-21(15-20)29-26(31)17(3)4/h8-15,17,24-25H,6-7H2,1-5H3,(H,29,31). The van der Waals surface area contributed by atoms with E-state index in [0.29, 0.717) is 18.6 Å². The molecule has 2 atom stereocenters. The zero-order chi connectivity index (χ0) is 24.1. The maximum Gasteiger partial charge on any atom is 0.329 e. The number of hydrogen-bond donors (Lipinski definition) is 1. The average Bonchev–Trinajstić information content (AvgIpc) is 3.10. The molecule has 0 bridgehead atoms. The summed E-state index contributed by atoms with van der Waals surface area (Å²) in [6, 6.07) is 17.4. The molecular formula is C27H31N3O3. The molecule has 1 heterocycles. The number of carbonyl (C=O) groups excluding carboxylic acids is 2. The highest BCUT2D eigenvalue weighted by molar-refractivity contribution is 5.92. The van der Waals surface area contributed by atoms with Crippen molar-refractivity contribution in [2.24, 2.45) is 5.92 Å². The van der Waals surface area contributed by atoms with E-state index >= 15 is 0 Å². The van der Waals surface area contributed by atoms with Crippen LogP contribution >= 0.6 is 0 Å². The number of nitriles is 1. The number of nitrogens with zero attached hydrogens (tertiary/aromatic N) is 2. The number of likely N-dealkylation sites (N-methyl/N-ethyl adjacent to an activating group) is 1. The average molecular weight is 446 g/mol. The fourth-order valence-corrected chi connectivity index (χ4v) is 4.31. The Kier molecular flexibility index (Phi) is 7.55. The van der Waals surface area contributed by atoms with Gasteiger partial charge < -0.3 is 15.0 Å². The maximum absolute atomic E-state index is 12.8. The van der Waals surface area contributed by atoms with Crippen molar-refractivity contribution in [1.29, 1.82) is 5.26 Å². The number of hydrogen-bond acceptors (Lipinski definition) is 5. The summed E-state index contributed by atoms with van der Waals surface area (Å²) in [5, 5.41) is 12.8. The highest BCUT2D eigenvalue weighted by Gasteiger charge is 2.44. The Morgan fingerprint density at radius 2 is 1.82 bits per heavy atom. The van der Waals surface area contributed by atoms with Crippen LogP contribution in [0.4, 0.5) is 5.69 Å². The Morgan fingerprint density at radius 3 is 2.39 bits per heavy atom. The zero-order valence-electron chi connectivity index (χ0n) is 19.9. The van der Waals surface area contributed by atoms with Gasteiger partial charge >= 0.3 is 5.97 Å². The summed E-state index contributed by atoms with van der Waals surface area (Å²) in [5.74, 6) is -0.820. The van der Waals surface area contributed by atoms with E-state index in [-0.39, 0.29) is 23.7 Å². The van der Waals surface area contributed by atoms with Crippen molar-refractivity contribution in [1.82, 2.24) is 4.90 Å². The molecule has 1 N–H and O–H groups in total. The minimum atomic E-state index is -0.560. The van der Waals surface area contributed by atoms with Gasteiger partial charge in [-0.2, -0.15) is 5.26 Å². The first-order valence-electron chi connectivity index (χ1n) is 11.4. The smallest absolute Gasteiger partial charge is 0.329 e. The fourth-order valence-electron chi connectivity index (χ4n) is 4.31. The van der Waals surface area contributed by atoms with Crippen LogP contribution in [0.3, 0.4) is 0 Å². The number of carbonyl (C=O) groups is 2. The predicted molar refractivity (Wildman–Crippen MR) is 129 cm³/mol. The van der Waals surface area contributed by atoms with Gasteiger partial charge in [0.25, 0.3) is 0 Å². The summed E-state index contributed by atoms with van der Waals surface area (Å²) >= 11 is 0. The van der Waals surface area contributed by atoms with Crippen molar-refractivity contribution >= 4 is 17.6 Å². The minimum Gasteiger partial charge on any atom is -0.464 e. The van der Waals surface area contributed by atoms with Crippen LogP contribution in [-0.4, -0.2) is 36.5 Å². The Morgan fingerprint density at radius 1 is 1.12 bits per heavy atom. The van der Waals surface area contributed by atoms with Gasteiger partial charge in [0.05, 0.1) is 24.2 Å². The summed E-state index contributed by atoms with van der Waals surface area (Å²) in [6.07, 6.45) is 0.665. The SMILES string of the molecule is CCOC(=O)C1C(c2ccc(-c3cccc(NC(=O)C(C)C)c3)cc2)C(C#N)=C(CC)N1C. The van der Waals surface area contributed by atoms with E-state index in [1.165, 1.54) is 0 Å². The molecule has 1 amide bonds. The van der Waals surface area contributed by atoms with Crippen LogP contribution in [-0.2, 0) is 14.3 Å². The molecule has 0 aromatic heterocycles. The predicted octanol–water partition coefficient (Wildman–Crippen LogP) is 5.10. The lowest BCUT2D eigenvalue weighted by Crippen LogP contribution is -2.39. The number of nitrogens with one attached hydrogen (secondary N) is 1. The topological polar surface area (TPSA) is 82.4 Å². The van der Waals surface area contributed by atoms with Gasteiger partial charge in [-0.25, -0.2) is 4.79 Å². The number of ether oxygens (including phenoxy) is 1. The highest BCUT2D eigenvalue weighted by atomic mass is 16.5. The lowest BCUT2D eigenvalue weighted by molar-refractivity contribution is -0.148. The Labute approximate surface area is 195 Å². The van der Waals surface area contributed by atoms with Crippen LogP contribution in [0, 0.1) is 17.2 Å². The third-order valence-corrected chi connectivity index (χ3v) is 6.02. The van der Waals surface area contributed by atoms with Gasteiger partial charge in [0.2, 0.25) is 5.91 Å². The first-order chi connectivity index (χ1) is 15.8. The van der Waals surface area contributed by atoms with E-state index in [0.717, 1.165) is 28.1 Å². The van der Waals surface area contributed by atoms with Gasteiger partial charge in [0, 0.05) is 24.4 Å². The van der Waals surface area contributed by atoms with E-state index in [1.807, 2.05) is 81.2 Å². The number of esters is 1. The second-order valence-electron chi connectivity index (χ2n) is 8.46. The van der Waals surface area contributed by atoms with Crippen molar-refractivity contribution < 1.29 is 14.3 Å². The molecule has 2 aromatic rings. The second-order valence-corrected chi connectivity index (χ2v) is 8.46. The molecule has 1 aliphatic rings. The third-order valence-electron chi connectivity index (χ3n) is 6.02. The summed E-state index contributed by atoms with van der Waals surface area (Å²) in [6.45, 7) is 7.78. The first-order valence-corrected chi connectivity index (χ1v) is 11.4. The van der Waals surface area contributed by atoms with Crippen molar-refractivity contribution in [2.45, 2.75) is 46.1 Å². The number of amides is 1. The number of benzene rings is 2. The van der Waals surface area contributed by atoms with Crippen LogP contribution in [0.2, 0.25) is 0 Å². The molecule has 172 valence electrons. The number of anilines is 1. The van der Waals surface area contributed by atoms with E-state index in [9.17, 15) is 14.9 Å². The monoisotopic (exact) mass is 445 g/mol. The lowest BCUT2D eigenvalue weighted by atomic mass is 9.86. The van der Waals surface area contributed by atoms with Gasteiger partial charge in [-0.05, 0) is 42.2 Å². The van der Waals surface area contributed by atoms with Crippen LogP contribution in [0.15, 0.2) is 59.8 Å². The van der Waals surface area contributed by atoms with E-state index in [2.05, 4.69) is 11.4 Å². The van der Waals surface area contributed by atoms with Crippen LogP contribution in [0.25, 0.3) is 11.1 Å². The molecule has 6 heteroatoms.